The Morgan fingerprint density at radius 1 is 1.09 bits per heavy atom. The molecule has 2 aromatic carbocycles. The molecule has 23 heavy (non-hydrogen) atoms. The Morgan fingerprint density at radius 2 is 1.78 bits per heavy atom. The SMILES string of the molecule is CC(=O)N(CC(=O)NCc1ccccc1)c1ccc(F)cc1F. The Bertz CT molecular complexity index is 705. The highest BCUT2D eigenvalue weighted by atomic mass is 19.1. The molecule has 2 rings (SSSR count). The van der Waals surface area contributed by atoms with Crippen molar-refractivity contribution in [1.29, 1.82) is 0 Å². The lowest BCUT2D eigenvalue weighted by Crippen LogP contribution is -2.40. The van der Waals surface area contributed by atoms with Gasteiger partial charge in [0, 0.05) is 19.5 Å². The maximum Gasteiger partial charge on any atom is 0.240 e. The van der Waals surface area contributed by atoms with Crippen molar-refractivity contribution in [2.75, 3.05) is 11.4 Å². The first-order valence-electron chi connectivity index (χ1n) is 7.01. The van der Waals surface area contributed by atoms with E-state index in [1.807, 2.05) is 30.3 Å². The van der Waals surface area contributed by atoms with E-state index < -0.39 is 23.4 Å². The van der Waals surface area contributed by atoms with Gasteiger partial charge in [-0.25, -0.2) is 8.78 Å². The number of nitrogens with zero attached hydrogens (tertiary/aromatic N) is 1. The summed E-state index contributed by atoms with van der Waals surface area (Å²) in [6, 6.07) is 12.1. The van der Waals surface area contributed by atoms with Crippen molar-refractivity contribution in [2.45, 2.75) is 13.5 Å². The molecule has 120 valence electrons. The van der Waals surface area contributed by atoms with E-state index in [-0.39, 0.29) is 12.2 Å². The molecule has 0 saturated carbocycles. The highest BCUT2D eigenvalue weighted by Gasteiger charge is 2.19. The highest BCUT2D eigenvalue weighted by Crippen LogP contribution is 2.20. The molecule has 0 unspecified atom stereocenters. The molecule has 2 aromatic rings. The average molecular weight is 318 g/mol. The average Bonchev–Trinajstić information content (AvgIpc) is 2.52. The van der Waals surface area contributed by atoms with Gasteiger partial charge >= 0.3 is 0 Å². The van der Waals surface area contributed by atoms with Gasteiger partial charge in [0.2, 0.25) is 11.8 Å². The summed E-state index contributed by atoms with van der Waals surface area (Å²) in [7, 11) is 0. The van der Waals surface area contributed by atoms with Gasteiger partial charge in [-0.1, -0.05) is 30.3 Å². The summed E-state index contributed by atoms with van der Waals surface area (Å²) in [5.74, 6) is -2.59. The summed E-state index contributed by atoms with van der Waals surface area (Å²) < 4.78 is 26.8. The first-order chi connectivity index (χ1) is 11.0. The topological polar surface area (TPSA) is 49.4 Å². The van der Waals surface area contributed by atoms with E-state index >= 15 is 0 Å². The molecule has 0 heterocycles. The summed E-state index contributed by atoms with van der Waals surface area (Å²) in [5, 5.41) is 2.66. The van der Waals surface area contributed by atoms with Crippen LogP contribution in [0.25, 0.3) is 0 Å². The quantitative estimate of drug-likeness (QED) is 0.921. The highest BCUT2D eigenvalue weighted by molar-refractivity contribution is 5.97. The van der Waals surface area contributed by atoms with Crippen LogP contribution in [0.4, 0.5) is 14.5 Å². The second-order valence-electron chi connectivity index (χ2n) is 4.96. The van der Waals surface area contributed by atoms with Crippen molar-refractivity contribution in [3.8, 4) is 0 Å². The van der Waals surface area contributed by atoms with Gasteiger partial charge in [-0.2, -0.15) is 0 Å². The van der Waals surface area contributed by atoms with E-state index in [0.717, 1.165) is 22.6 Å². The molecule has 0 atom stereocenters. The van der Waals surface area contributed by atoms with E-state index in [1.54, 1.807) is 0 Å². The number of hydrogen-bond acceptors (Lipinski definition) is 2. The largest absolute Gasteiger partial charge is 0.350 e. The number of amides is 2. The van der Waals surface area contributed by atoms with Gasteiger partial charge in [0.05, 0.1) is 5.69 Å². The van der Waals surface area contributed by atoms with Gasteiger partial charge in [-0.15, -0.1) is 0 Å². The van der Waals surface area contributed by atoms with E-state index in [0.29, 0.717) is 12.6 Å². The third-order valence-electron chi connectivity index (χ3n) is 3.21. The lowest BCUT2D eigenvalue weighted by Gasteiger charge is -2.21. The van der Waals surface area contributed by atoms with Crippen molar-refractivity contribution in [2.24, 2.45) is 0 Å². The number of carbonyl (C=O) groups excluding carboxylic acids is 2. The number of benzene rings is 2. The third-order valence-corrected chi connectivity index (χ3v) is 3.21. The van der Waals surface area contributed by atoms with Gasteiger partial charge < -0.3 is 10.2 Å². The van der Waals surface area contributed by atoms with Crippen LogP contribution in [-0.4, -0.2) is 18.4 Å². The molecule has 0 spiro atoms. The van der Waals surface area contributed by atoms with Crippen molar-refractivity contribution >= 4 is 17.5 Å². The Labute approximate surface area is 132 Å². The van der Waals surface area contributed by atoms with Crippen LogP contribution >= 0.6 is 0 Å². The van der Waals surface area contributed by atoms with Gasteiger partial charge in [-0.05, 0) is 17.7 Å². The molecular weight excluding hydrogens is 302 g/mol. The molecule has 2 amide bonds. The fourth-order valence-corrected chi connectivity index (χ4v) is 2.06. The summed E-state index contributed by atoms with van der Waals surface area (Å²) in [6.07, 6.45) is 0. The second-order valence-corrected chi connectivity index (χ2v) is 4.96. The number of halogens is 2. The Hall–Kier alpha value is -2.76. The monoisotopic (exact) mass is 318 g/mol. The first kappa shape index (κ1) is 16.6. The standard InChI is InChI=1S/C17H16F2N2O2/c1-12(22)21(16-8-7-14(18)9-15(16)19)11-17(23)20-10-13-5-3-2-4-6-13/h2-9H,10-11H2,1H3,(H,20,23). The lowest BCUT2D eigenvalue weighted by molar-refractivity contribution is -0.123. The molecule has 0 bridgehead atoms. The molecule has 0 radical (unpaired) electrons. The maximum atomic E-state index is 13.8. The number of anilines is 1. The summed E-state index contributed by atoms with van der Waals surface area (Å²) in [5.41, 5.74) is 0.775. The molecule has 4 nitrogen and oxygen atoms in total. The van der Waals surface area contributed by atoms with Crippen molar-refractivity contribution in [3.05, 3.63) is 65.7 Å². The molecule has 6 heteroatoms. The van der Waals surface area contributed by atoms with Gasteiger partial charge in [-0.3, -0.25) is 9.59 Å². The maximum absolute atomic E-state index is 13.8. The van der Waals surface area contributed by atoms with Crippen molar-refractivity contribution < 1.29 is 18.4 Å². The molecule has 0 saturated heterocycles. The summed E-state index contributed by atoms with van der Waals surface area (Å²) >= 11 is 0. The summed E-state index contributed by atoms with van der Waals surface area (Å²) in [6.45, 7) is 1.18. The molecule has 0 aromatic heterocycles. The minimum absolute atomic E-state index is 0.131. The zero-order valence-corrected chi connectivity index (χ0v) is 12.6. The number of hydrogen-bond donors (Lipinski definition) is 1. The van der Waals surface area contributed by atoms with E-state index in [9.17, 15) is 18.4 Å². The van der Waals surface area contributed by atoms with Crippen LogP contribution in [-0.2, 0) is 16.1 Å². The lowest BCUT2D eigenvalue weighted by atomic mass is 10.2. The van der Waals surface area contributed by atoms with E-state index in [2.05, 4.69) is 5.32 Å². The van der Waals surface area contributed by atoms with Crippen LogP contribution < -0.4 is 10.2 Å². The molecule has 0 fully saturated rings. The van der Waals surface area contributed by atoms with Crippen LogP contribution in [0.3, 0.4) is 0 Å². The fraction of sp³-hybridized carbons (Fsp3) is 0.176. The zero-order valence-electron chi connectivity index (χ0n) is 12.6. The van der Waals surface area contributed by atoms with Gasteiger partial charge in [0.15, 0.2) is 0 Å². The minimum atomic E-state index is -0.893. The smallest absolute Gasteiger partial charge is 0.240 e. The predicted molar refractivity (Wildman–Crippen MR) is 82.7 cm³/mol. The minimum Gasteiger partial charge on any atom is -0.350 e. The number of nitrogens with one attached hydrogen (secondary N) is 1. The summed E-state index contributed by atoms with van der Waals surface area (Å²) in [4.78, 5) is 24.6. The molecule has 0 aliphatic rings. The van der Waals surface area contributed by atoms with E-state index in [4.69, 9.17) is 0 Å². The Balaban J connectivity index is 2.04. The Kier molecular flexibility index (Phi) is 5.41. The van der Waals surface area contributed by atoms with Crippen LogP contribution in [0.2, 0.25) is 0 Å². The van der Waals surface area contributed by atoms with Crippen LogP contribution in [0.15, 0.2) is 48.5 Å². The second kappa shape index (κ2) is 7.49. The van der Waals surface area contributed by atoms with Crippen molar-refractivity contribution in [3.63, 3.8) is 0 Å². The molecule has 0 aliphatic heterocycles. The Morgan fingerprint density at radius 3 is 2.39 bits per heavy atom. The molecule has 1 N–H and O–H groups in total. The molecule has 0 aliphatic carbocycles. The first-order valence-corrected chi connectivity index (χ1v) is 7.01. The van der Waals surface area contributed by atoms with Crippen LogP contribution in [0, 0.1) is 11.6 Å². The number of rotatable bonds is 5. The van der Waals surface area contributed by atoms with Crippen molar-refractivity contribution in [1.82, 2.24) is 5.32 Å². The fourth-order valence-electron chi connectivity index (χ4n) is 2.06. The van der Waals surface area contributed by atoms with E-state index in [1.165, 1.54) is 6.92 Å². The predicted octanol–water partition coefficient (Wildman–Crippen LogP) is 2.63. The normalized spacial score (nSPS) is 10.2. The van der Waals surface area contributed by atoms with Crippen LogP contribution in [0.1, 0.15) is 12.5 Å². The van der Waals surface area contributed by atoms with Gasteiger partial charge in [0.1, 0.15) is 18.2 Å². The van der Waals surface area contributed by atoms with Gasteiger partial charge in [0.25, 0.3) is 0 Å². The number of carbonyl (C=O) groups is 2. The third kappa shape index (κ3) is 4.60. The van der Waals surface area contributed by atoms with Crippen LogP contribution in [0.5, 0.6) is 0 Å². The molecular formula is C17H16F2N2O2. The zero-order chi connectivity index (χ0) is 16.8.